The fraction of sp³-hybridized carbons (Fsp3) is 0.462. The minimum Gasteiger partial charge on any atom is -0.338 e. The van der Waals surface area contributed by atoms with Crippen LogP contribution < -0.4 is 0 Å². The molecule has 0 aromatic heterocycles. The first-order valence-corrected chi connectivity index (χ1v) is 6.32. The molecule has 1 aliphatic heterocycles. The summed E-state index contributed by atoms with van der Waals surface area (Å²) in [5, 5.41) is 0. The average Bonchev–Trinajstić information content (AvgIpc) is 2.59. The molecule has 0 bridgehead atoms. The number of hydrogen-bond donors (Lipinski definition) is 0. The Kier molecular flexibility index (Phi) is 3.06. The number of carbonyl (C=O) groups is 1. The lowest BCUT2D eigenvalue weighted by atomic mass is 9.93. The highest BCUT2D eigenvalue weighted by Crippen LogP contribution is 2.29. The first-order valence-electron chi connectivity index (χ1n) is 5.53. The molecule has 2 nitrogen and oxygen atoms in total. The second-order valence-corrected chi connectivity index (χ2v) is 6.06. The molecule has 3 heteroatoms. The SMILES string of the molecule is CC1(C)CCN(C(=O)c2ccc(Br)cc2)C1. The van der Waals surface area contributed by atoms with Gasteiger partial charge in [0.05, 0.1) is 0 Å². The standard InChI is InChI=1S/C13H16BrNO/c1-13(2)7-8-15(9-13)12(16)10-3-5-11(14)6-4-10/h3-6H,7-9H2,1-2H3. The van der Waals surface area contributed by atoms with E-state index in [0.29, 0.717) is 0 Å². The van der Waals surface area contributed by atoms with E-state index in [9.17, 15) is 4.79 Å². The smallest absolute Gasteiger partial charge is 0.253 e. The Hall–Kier alpha value is -0.830. The highest BCUT2D eigenvalue weighted by atomic mass is 79.9. The summed E-state index contributed by atoms with van der Waals surface area (Å²) >= 11 is 3.37. The molecule has 0 radical (unpaired) electrons. The Balaban J connectivity index is 2.12. The number of nitrogens with zero attached hydrogens (tertiary/aromatic N) is 1. The fourth-order valence-electron chi connectivity index (χ4n) is 2.06. The minimum absolute atomic E-state index is 0.151. The van der Waals surface area contributed by atoms with Gasteiger partial charge in [0, 0.05) is 23.1 Å². The Labute approximate surface area is 105 Å². The van der Waals surface area contributed by atoms with E-state index in [1.807, 2.05) is 29.2 Å². The number of amides is 1. The molecule has 1 heterocycles. The Morgan fingerprint density at radius 1 is 1.31 bits per heavy atom. The molecule has 0 N–H and O–H groups in total. The molecule has 86 valence electrons. The number of halogens is 1. The molecule has 0 unspecified atom stereocenters. The Morgan fingerprint density at radius 3 is 2.44 bits per heavy atom. The zero-order valence-corrected chi connectivity index (χ0v) is 11.3. The summed E-state index contributed by atoms with van der Waals surface area (Å²) in [6.07, 6.45) is 1.09. The first-order chi connectivity index (χ1) is 7.48. The molecule has 0 spiro atoms. The van der Waals surface area contributed by atoms with Gasteiger partial charge in [-0.15, -0.1) is 0 Å². The van der Waals surface area contributed by atoms with Gasteiger partial charge in [0.25, 0.3) is 5.91 Å². The van der Waals surface area contributed by atoms with Crippen LogP contribution in [0.25, 0.3) is 0 Å². The minimum atomic E-state index is 0.151. The van der Waals surface area contributed by atoms with Crippen LogP contribution in [-0.4, -0.2) is 23.9 Å². The predicted octanol–water partition coefficient (Wildman–Crippen LogP) is 3.32. The van der Waals surface area contributed by atoms with Gasteiger partial charge >= 0.3 is 0 Å². The number of rotatable bonds is 1. The molecule has 16 heavy (non-hydrogen) atoms. The summed E-state index contributed by atoms with van der Waals surface area (Å²) in [5.74, 6) is 0.151. The van der Waals surface area contributed by atoms with Crippen molar-refractivity contribution >= 4 is 21.8 Å². The maximum absolute atomic E-state index is 12.2. The largest absolute Gasteiger partial charge is 0.338 e. The van der Waals surface area contributed by atoms with Gasteiger partial charge in [0.1, 0.15) is 0 Å². The van der Waals surface area contributed by atoms with E-state index < -0.39 is 0 Å². The third-order valence-corrected chi connectivity index (χ3v) is 3.58. The van der Waals surface area contributed by atoms with Crippen molar-refractivity contribution in [3.8, 4) is 0 Å². The molecular formula is C13H16BrNO. The van der Waals surface area contributed by atoms with E-state index >= 15 is 0 Å². The lowest BCUT2D eigenvalue weighted by Crippen LogP contribution is -2.30. The van der Waals surface area contributed by atoms with E-state index in [1.54, 1.807) is 0 Å². The van der Waals surface area contributed by atoms with Gasteiger partial charge in [-0.25, -0.2) is 0 Å². The third-order valence-electron chi connectivity index (χ3n) is 3.06. The predicted molar refractivity (Wildman–Crippen MR) is 68.4 cm³/mol. The summed E-state index contributed by atoms with van der Waals surface area (Å²) in [6.45, 7) is 6.16. The van der Waals surface area contributed by atoms with Gasteiger partial charge in [0.2, 0.25) is 0 Å². The van der Waals surface area contributed by atoms with Crippen molar-refractivity contribution in [1.29, 1.82) is 0 Å². The highest BCUT2D eigenvalue weighted by Gasteiger charge is 2.32. The van der Waals surface area contributed by atoms with Crippen molar-refractivity contribution in [1.82, 2.24) is 4.90 Å². The molecule has 1 aliphatic rings. The van der Waals surface area contributed by atoms with Crippen LogP contribution in [0.3, 0.4) is 0 Å². The molecule has 0 atom stereocenters. The van der Waals surface area contributed by atoms with Crippen LogP contribution in [0.4, 0.5) is 0 Å². The first kappa shape index (κ1) is 11.6. The summed E-state index contributed by atoms with van der Waals surface area (Å²) < 4.78 is 1.01. The molecule has 1 aromatic carbocycles. The quantitative estimate of drug-likeness (QED) is 0.773. The van der Waals surface area contributed by atoms with E-state index in [0.717, 1.165) is 29.5 Å². The molecule has 0 saturated carbocycles. The third kappa shape index (κ3) is 2.46. The lowest BCUT2D eigenvalue weighted by molar-refractivity contribution is 0.0778. The molecule has 1 saturated heterocycles. The van der Waals surface area contributed by atoms with Crippen LogP contribution in [0.1, 0.15) is 30.6 Å². The van der Waals surface area contributed by atoms with Gasteiger partial charge in [0.15, 0.2) is 0 Å². The highest BCUT2D eigenvalue weighted by molar-refractivity contribution is 9.10. The molecule has 2 rings (SSSR count). The van der Waals surface area contributed by atoms with Gasteiger partial charge in [-0.1, -0.05) is 29.8 Å². The van der Waals surface area contributed by atoms with E-state index in [4.69, 9.17) is 0 Å². The molecule has 0 aliphatic carbocycles. The average molecular weight is 282 g/mol. The number of likely N-dealkylation sites (tertiary alicyclic amines) is 1. The van der Waals surface area contributed by atoms with Gasteiger partial charge < -0.3 is 4.90 Å². The second-order valence-electron chi connectivity index (χ2n) is 5.15. The normalized spacial score (nSPS) is 18.8. The summed E-state index contributed by atoms with van der Waals surface area (Å²) in [5.41, 5.74) is 1.05. The van der Waals surface area contributed by atoms with Gasteiger partial charge in [-0.2, -0.15) is 0 Å². The van der Waals surface area contributed by atoms with E-state index in [1.165, 1.54) is 0 Å². The topological polar surface area (TPSA) is 20.3 Å². The molecule has 1 fully saturated rings. The van der Waals surface area contributed by atoms with Crippen molar-refractivity contribution in [3.05, 3.63) is 34.3 Å². The monoisotopic (exact) mass is 281 g/mol. The van der Waals surface area contributed by atoms with Crippen molar-refractivity contribution < 1.29 is 4.79 Å². The van der Waals surface area contributed by atoms with Crippen molar-refractivity contribution in [2.45, 2.75) is 20.3 Å². The Bertz CT molecular complexity index is 397. The molecule has 1 amide bonds. The van der Waals surface area contributed by atoms with Crippen LogP contribution in [0.5, 0.6) is 0 Å². The summed E-state index contributed by atoms with van der Waals surface area (Å²) in [4.78, 5) is 14.1. The van der Waals surface area contributed by atoms with Crippen molar-refractivity contribution in [2.75, 3.05) is 13.1 Å². The number of benzene rings is 1. The van der Waals surface area contributed by atoms with E-state index in [2.05, 4.69) is 29.8 Å². The molecule has 1 aromatic rings. The lowest BCUT2D eigenvalue weighted by Gasteiger charge is -2.19. The zero-order valence-electron chi connectivity index (χ0n) is 9.66. The van der Waals surface area contributed by atoms with Crippen molar-refractivity contribution in [2.24, 2.45) is 5.41 Å². The van der Waals surface area contributed by atoms with E-state index in [-0.39, 0.29) is 11.3 Å². The van der Waals surface area contributed by atoms with Gasteiger partial charge in [-0.3, -0.25) is 4.79 Å². The molecular weight excluding hydrogens is 266 g/mol. The zero-order chi connectivity index (χ0) is 11.8. The van der Waals surface area contributed by atoms with Crippen LogP contribution in [0.2, 0.25) is 0 Å². The summed E-state index contributed by atoms with van der Waals surface area (Å²) in [7, 11) is 0. The second kappa shape index (κ2) is 4.21. The van der Waals surface area contributed by atoms with Crippen molar-refractivity contribution in [3.63, 3.8) is 0 Å². The van der Waals surface area contributed by atoms with Crippen LogP contribution >= 0.6 is 15.9 Å². The Morgan fingerprint density at radius 2 is 1.94 bits per heavy atom. The maximum atomic E-state index is 12.2. The van der Waals surface area contributed by atoms with Crippen LogP contribution in [-0.2, 0) is 0 Å². The number of carbonyl (C=O) groups excluding carboxylic acids is 1. The maximum Gasteiger partial charge on any atom is 0.253 e. The van der Waals surface area contributed by atoms with Gasteiger partial charge in [-0.05, 0) is 36.1 Å². The summed E-state index contributed by atoms with van der Waals surface area (Å²) in [6, 6.07) is 7.57. The van der Waals surface area contributed by atoms with Crippen LogP contribution in [0.15, 0.2) is 28.7 Å². The van der Waals surface area contributed by atoms with Crippen LogP contribution in [0, 0.1) is 5.41 Å². The number of hydrogen-bond acceptors (Lipinski definition) is 1. The fourth-order valence-corrected chi connectivity index (χ4v) is 2.33.